The molecule has 1 unspecified atom stereocenters. The van der Waals surface area contributed by atoms with Crippen molar-refractivity contribution >= 4 is 16.8 Å². The molecular formula is C20H19N3O3. The van der Waals surface area contributed by atoms with Gasteiger partial charge in [-0.1, -0.05) is 24.3 Å². The minimum atomic E-state index is -0.0279. The van der Waals surface area contributed by atoms with Crippen LogP contribution in [0.5, 0.6) is 11.5 Å². The fourth-order valence-corrected chi connectivity index (χ4v) is 3.89. The van der Waals surface area contributed by atoms with E-state index in [-0.39, 0.29) is 11.9 Å². The van der Waals surface area contributed by atoms with Crippen LogP contribution in [0.4, 0.5) is 0 Å². The summed E-state index contributed by atoms with van der Waals surface area (Å²) in [5.41, 5.74) is 2.45. The first kappa shape index (κ1) is 15.3. The van der Waals surface area contributed by atoms with Gasteiger partial charge in [-0.3, -0.25) is 9.89 Å². The fraction of sp³-hybridized carbons (Fsp3) is 0.300. The number of hydrogen-bond donors (Lipinski definition) is 1. The van der Waals surface area contributed by atoms with Gasteiger partial charge < -0.3 is 14.4 Å². The smallest absolute Gasteiger partial charge is 0.275 e. The van der Waals surface area contributed by atoms with Crippen LogP contribution in [0, 0.1) is 0 Å². The van der Waals surface area contributed by atoms with Gasteiger partial charge in [-0.15, -0.1) is 0 Å². The predicted molar refractivity (Wildman–Crippen MR) is 96.5 cm³/mol. The standard InChI is InChI=1S/C20H19N3O3/c24-20(19-14-4-1-2-5-15(14)21-22-19)23-9-3-6-16(23)13-7-8-17-18(12-13)26-11-10-25-17/h1-2,4-5,7-8,12,16H,3,6,9-11H2,(H,21,22). The quantitative estimate of drug-likeness (QED) is 0.771. The highest BCUT2D eigenvalue weighted by Gasteiger charge is 2.33. The van der Waals surface area contributed by atoms with E-state index in [4.69, 9.17) is 9.47 Å². The second-order valence-corrected chi connectivity index (χ2v) is 6.68. The van der Waals surface area contributed by atoms with E-state index in [2.05, 4.69) is 10.2 Å². The highest BCUT2D eigenvalue weighted by molar-refractivity contribution is 6.04. The minimum Gasteiger partial charge on any atom is -0.486 e. The Morgan fingerprint density at radius 1 is 1.12 bits per heavy atom. The van der Waals surface area contributed by atoms with Crippen LogP contribution < -0.4 is 9.47 Å². The molecule has 1 fully saturated rings. The molecule has 6 heteroatoms. The number of para-hydroxylation sites is 1. The molecule has 1 atom stereocenters. The van der Waals surface area contributed by atoms with Crippen molar-refractivity contribution in [2.75, 3.05) is 19.8 Å². The number of carbonyl (C=O) groups is 1. The molecule has 1 saturated heterocycles. The first-order valence-electron chi connectivity index (χ1n) is 8.95. The molecule has 2 aliphatic heterocycles. The summed E-state index contributed by atoms with van der Waals surface area (Å²) >= 11 is 0. The van der Waals surface area contributed by atoms with Gasteiger partial charge in [0.15, 0.2) is 17.2 Å². The largest absolute Gasteiger partial charge is 0.486 e. The molecule has 0 radical (unpaired) electrons. The topological polar surface area (TPSA) is 67.5 Å². The van der Waals surface area contributed by atoms with E-state index in [0.717, 1.165) is 47.4 Å². The van der Waals surface area contributed by atoms with Crippen LogP contribution in [0.15, 0.2) is 42.5 Å². The summed E-state index contributed by atoms with van der Waals surface area (Å²) in [5.74, 6) is 1.51. The Hall–Kier alpha value is -3.02. The number of rotatable bonds is 2. The summed E-state index contributed by atoms with van der Waals surface area (Å²) in [6.07, 6.45) is 1.92. The van der Waals surface area contributed by atoms with Crippen molar-refractivity contribution in [3.05, 3.63) is 53.7 Å². The zero-order valence-electron chi connectivity index (χ0n) is 14.3. The lowest BCUT2D eigenvalue weighted by molar-refractivity contribution is 0.0731. The van der Waals surface area contributed by atoms with Crippen molar-refractivity contribution in [2.24, 2.45) is 0 Å². The molecule has 2 aliphatic rings. The molecule has 0 spiro atoms. The molecule has 6 nitrogen and oxygen atoms in total. The van der Waals surface area contributed by atoms with Crippen molar-refractivity contribution in [2.45, 2.75) is 18.9 Å². The van der Waals surface area contributed by atoms with Gasteiger partial charge in [0, 0.05) is 11.9 Å². The van der Waals surface area contributed by atoms with E-state index < -0.39 is 0 Å². The number of nitrogens with one attached hydrogen (secondary N) is 1. The third-order valence-electron chi connectivity index (χ3n) is 5.14. The number of ether oxygens (including phenoxy) is 2. The number of amides is 1. The number of aromatic nitrogens is 2. The van der Waals surface area contributed by atoms with Gasteiger partial charge in [0.2, 0.25) is 0 Å². The number of hydrogen-bond acceptors (Lipinski definition) is 4. The molecule has 0 bridgehead atoms. The minimum absolute atomic E-state index is 0.0279. The molecule has 26 heavy (non-hydrogen) atoms. The summed E-state index contributed by atoms with van der Waals surface area (Å²) in [5, 5.41) is 8.10. The van der Waals surface area contributed by atoms with Gasteiger partial charge in [-0.05, 0) is 36.6 Å². The Bertz CT molecular complexity index is 981. The van der Waals surface area contributed by atoms with Gasteiger partial charge in [0.05, 0.1) is 11.6 Å². The summed E-state index contributed by atoms with van der Waals surface area (Å²) in [6, 6.07) is 13.7. The van der Waals surface area contributed by atoms with Gasteiger partial charge in [0.25, 0.3) is 5.91 Å². The Kier molecular flexibility index (Phi) is 3.55. The first-order valence-corrected chi connectivity index (χ1v) is 8.95. The lowest BCUT2D eigenvalue weighted by Gasteiger charge is -2.26. The van der Waals surface area contributed by atoms with E-state index >= 15 is 0 Å². The van der Waals surface area contributed by atoms with Crippen LogP contribution in [-0.2, 0) is 0 Å². The van der Waals surface area contributed by atoms with Crippen LogP contribution >= 0.6 is 0 Å². The second-order valence-electron chi connectivity index (χ2n) is 6.68. The van der Waals surface area contributed by atoms with E-state index in [1.807, 2.05) is 47.4 Å². The maximum absolute atomic E-state index is 13.2. The monoisotopic (exact) mass is 349 g/mol. The molecule has 3 heterocycles. The van der Waals surface area contributed by atoms with Crippen molar-refractivity contribution in [3.8, 4) is 11.5 Å². The first-order chi connectivity index (χ1) is 12.8. The van der Waals surface area contributed by atoms with E-state index in [1.54, 1.807) is 0 Å². The van der Waals surface area contributed by atoms with Gasteiger partial charge in [-0.2, -0.15) is 5.10 Å². The van der Waals surface area contributed by atoms with Crippen molar-refractivity contribution < 1.29 is 14.3 Å². The Labute approximate surface area is 150 Å². The zero-order chi connectivity index (χ0) is 17.5. The summed E-state index contributed by atoms with van der Waals surface area (Å²) in [6.45, 7) is 1.87. The highest BCUT2D eigenvalue weighted by atomic mass is 16.6. The molecule has 5 rings (SSSR count). The normalized spacial score (nSPS) is 19.1. The number of benzene rings is 2. The summed E-state index contributed by atoms with van der Waals surface area (Å²) < 4.78 is 11.3. The van der Waals surface area contributed by atoms with Crippen molar-refractivity contribution in [1.82, 2.24) is 15.1 Å². The molecule has 1 N–H and O–H groups in total. The van der Waals surface area contributed by atoms with Crippen LogP contribution in [0.3, 0.4) is 0 Å². The SMILES string of the molecule is O=C(c1n[nH]c2ccccc12)N1CCCC1c1ccc2c(c1)OCCO2. The number of fused-ring (bicyclic) bond motifs is 2. The molecule has 0 saturated carbocycles. The zero-order valence-corrected chi connectivity index (χ0v) is 14.3. The Balaban J connectivity index is 1.48. The van der Waals surface area contributed by atoms with E-state index in [0.29, 0.717) is 18.9 Å². The number of aromatic amines is 1. The fourth-order valence-electron chi connectivity index (χ4n) is 3.89. The molecular weight excluding hydrogens is 330 g/mol. The van der Waals surface area contributed by atoms with Gasteiger partial charge in [0.1, 0.15) is 13.2 Å². The summed E-state index contributed by atoms with van der Waals surface area (Å²) in [4.78, 5) is 15.1. The lowest BCUT2D eigenvalue weighted by atomic mass is 10.0. The van der Waals surface area contributed by atoms with Gasteiger partial charge >= 0.3 is 0 Å². The average molecular weight is 349 g/mol. The number of likely N-dealkylation sites (tertiary alicyclic amines) is 1. The van der Waals surface area contributed by atoms with E-state index in [1.165, 1.54) is 0 Å². The van der Waals surface area contributed by atoms with E-state index in [9.17, 15) is 4.79 Å². The lowest BCUT2D eigenvalue weighted by Crippen LogP contribution is -2.31. The summed E-state index contributed by atoms with van der Waals surface area (Å²) in [7, 11) is 0. The predicted octanol–water partition coefficient (Wildman–Crippen LogP) is 3.31. The number of carbonyl (C=O) groups excluding carboxylic acids is 1. The van der Waals surface area contributed by atoms with Crippen molar-refractivity contribution in [3.63, 3.8) is 0 Å². The maximum atomic E-state index is 13.2. The second kappa shape index (κ2) is 6.05. The number of H-pyrrole nitrogens is 1. The molecule has 132 valence electrons. The molecule has 0 aliphatic carbocycles. The van der Waals surface area contributed by atoms with Gasteiger partial charge in [-0.25, -0.2) is 0 Å². The van der Waals surface area contributed by atoms with Crippen LogP contribution in [-0.4, -0.2) is 40.8 Å². The Morgan fingerprint density at radius 3 is 2.88 bits per heavy atom. The third-order valence-corrected chi connectivity index (χ3v) is 5.14. The third kappa shape index (κ3) is 2.41. The molecule has 1 aromatic heterocycles. The van der Waals surface area contributed by atoms with Crippen molar-refractivity contribution in [1.29, 1.82) is 0 Å². The van der Waals surface area contributed by atoms with Crippen LogP contribution in [0.2, 0.25) is 0 Å². The molecule has 1 amide bonds. The average Bonchev–Trinajstić information content (AvgIpc) is 3.34. The van der Waals surface area contributed by atoms with Crippen LogP contribution in [0.1, 0.15) is 34.9 Å². The molecule has 2 aromatic carbocycles. The maximum Gasteiger partial charge on any atom is 0.275 e. The highest BCUT2D eigenvalue weighted by Crippen LogP contribution is 2.38. The number of nitrogens with zero attached hydrogens (tertiary/aromatic N) is 2. The Morgan fingerprint density at radius 2 is 1.96 bits per heavy atom. The molecule has 3 aromatic rings. The van der Waals surface area contributed by atoms with Crippen LogP contribution in [0.25, 0.3) is 10.9 Å².